The molecule has 1 aromatic rings. The number of nitro groups is 1. The lowest BCUT2D eigenvalue weighted by Gasteiger charge is -2.00. The number of nitro benzene ring substituents is 1. The zero-order valence-electron chi connectivity index (χ0n) is 7.90. The van der Waals surface area contributed by atoms with Crippen LogP contribution in [0.25, 0.3) is 0 Å². The maximum absolute atomic E-state index is 10.6. The number of aldehydes is 1. The van der Waals surface area contributed by atoms with E-state index >= 15 is 0 Å². The van der Waals surface area contributed by atoms with Gasteiger partial charge in [0.25, 0.3) is 5.69 Å². The van der Waals surface area contributed by atoms with E-state index in [2.05, 4.69) is 0 Å². The van der Waals surface area contributed by atoms with E-state index in [-0.39, 0.29) is 5.69 Å². The van der Waals surface area contributed by atoms with Crippen LogP contribution in [-0.2, 0) is 11.2 Å². The molecule has 0 aliphatic carbocycles. The van der Waals surface area contributed by atoms with Crippen molar-refractivity contribution in [2.45, 2.75) is 19.8 Å². The van der Waals surface area contributed by atoms with Gasteiger partial charge in [-0.2, -0.15) is 0 Å². The van der Waals surface area contributed by atoms with Crippen LogP contribution in [0, 0.1) is 17.0 Å². The minimum absolute atomic E-state index is 0.119. The molecule has 1 rings (SSSR count). The van der Waals surface area contributed by atoms with Crippen molar-refractivity contribution < 1.29 is 9.72 Å². The zero-order valence-corrected chi connectivity index (χ0v) is 7.90. The molecule has 0 unspecified atom stereocenters. The largest absolute Gasteiger partial charge is 0.303 e. The molecule has 0 fully saturated rings. The Balaban J connectivity index is 2.94. The summed E-state index contributed by atoms with van der Waals surface area (Å²) in [6.07, 6.45) is 1.77. The molecule has 0 radical (unpaired) electrons. The maximum atomic E-state index is 10.6. The summed E-state index contributed by atoms with van der Waals surface area (Å²) in [6, 6.07) is 5.04. The van der Waals surface area contributed by atoms with E-state index in [9.17, 15) is 14.9 Å². The predicted octanol–water partition coefficient (Wildman–Crippen LogP) is 2.03. The molecule has 0 aliphatic heterocycles. The second-order valence-corrected chi connectivity index (χ2v) is 3.08. The lowest BCUT2D eigenvalue weighted by Crippen LogP contribution is -1.94. The Morgan fingerprint density at radius 2 is 2.21 bits per heavy atom. The third-order valence-electron chi connectivity index (χ3n) is 2.02. The van der Waals surface area contributed by atoms with Crippen LogP contribution in [0.3, 0.4) is 0 Å². The Morgan fingerprint density at radius 1 is 1.50 bits per heavy atom. The fourth-order valence-corrected chi connectivity index (χ4v) is 1.23. The van der Waals surface area contributed by atoms with Crippen LogP contribution in [0.4, 0.5) is 5.69 Å². The second-order valence-electron chi connectivity index (χ2n) is 3.08. The summed E-state index contributed by atoms with van der Waals surface area (Å²) < 4.78 is 0. The molecule has 0 saturated carbocycles. The molecule has 0 atom stereocenters. The Kier molecular flexibility index (Phi) is 3.34. The van der Waals surface area contributed by atoms with Gasteiger partial charge in [0.2, 0.25) is 0 Å². The van der Waals surface area contributed by atoms with E-state index in [4.69, 9.17) is 0 Å². The summed E-state index contributed by atoms with van der Waals surface area (Å²) in [7, 11) is 0. The van der Waals surface area contributed by atoms with E-state index in [1.165, 1.54) is 6.07 Å². The average molecular weight is 193 g/mol. The second kappa shape index (κ2) is 4.50. The van der Waals surface area contributed by atoms with Crippen LogP contribution < -0.4 is 0 Å². The van der Waals surface area contributed by atoms with Crippen molar-refractivity contribution in [3.63, 3.8) is 0 Å². The number of hydrogen-bond donors (Lipinski definition) is 0. The zero-order chi connectivity index (χ0) is 10.6. The third-order valence-corrected chi connectivity index (χ3v) is 2.02. The number of rotatable bonds is 4. The minimum atomic E-state index is -0.403. The Hall–Kier alpha value is -1.71. The topological polar surface area (TPSA) is 60.2 Å². The molecular weight excluding hydrogens is 182 g/mol. The summed E-state index contributed by atoms with van der Waals surface area (Å²) in [6.45, 7) is 1.70. The van der Waals surface area contributed by atoms with Gasteiger partial charge >= 0.3 is 0 Å². The number of nitrogens with zero attached hydrogens (tertiary/aromatic N) is 1. The van der Waals surface area contributed by atoms with Crippen LogP contribution in [0.15, 0.2) is 18.2 Å². The molecule has 0 N–H and O–H groups in total. The summed E-state index contributed by atoms with van der Waals surface area (Å²) in [5, 5.41) is 10.6. The molecule has 1 aromatic carbocycles. The Bertz CT molecular complexity index is 360. The van der Waals surface area contributed by atoms with Crippen molar-refractivity contribution in [2.24, 2.45) is 0 Å². The van der Waals surface area contributed by atoms with Crippen molar-refractivity contribution >= 4 is 12.0 Å². The van der Waals surface area contributed by atoms with E-state index in [0.717, 1.165) is 11.8 Å². The SMILES string of the molecule is Cc1ccc(CCC=O)cc1[N+](=O)[O-]. The Morgan fingerprint density at radius 3 is 2.79 bits per heavy atom. The Labute approximate surface area is 81.7 Å². The van der Waals surface area contributed by atoms with Crippen molar-refractivity contribution in [3.05, 3.63) is 39.4 Å². The van der Waals surface area contributed by atoms with Gasteiger partial charge in [0, 0.05) is 18.1 Å². The number of carbonyl (C=O) groups excluding carboxylic acids is 1. The van der Waals surface area contributed by atoms with Gasteiger partial charge in [-0.15, -0.1) is 0 Å². The fourth-order valence-electron chi connectivity index (χ4n) is 1.23. The van der Waals surface area contributed by atoms with Crippen molar-refractivity contribution in [1.82, 2.24) is 0 Å². The average Bonchev–Trinajstić information content (AvgIpc) is 2.16. The molecule has 0 aliphatic rings. The molecule has 4 heteroatoms. The number of aryl methyl sites for hydroxylation is 2. The monoisotopic (exact) mass is 193 g/mol. The van der Waals surface area contributed by atoms with Crippen LogP contribution in [-0.4, -0.2) is 11.2 Å². The molecule has 74 valence electrons. The quantitative estimate of drug-likeness (QED) is 0.417. The minimum Gasteiger partial charge on any atom is -0.303 e. The van der Waals surface area contributed by atoms with Gasteiger partial charge in [-0.25, -0.2) is 0 Å². The van der Waals surface area contributed by atoms with Crippen LogP contribution >= 0.6 is 0 Å². The highest BCUT2D eigenvalue weighted by atomic mass is 16.6. The molecule has 4 nitrogen and oxygen atoms in total. The smallest absolute Gasteiger partial charge is 0.272 e. The molecule has 14 heavy (non-hydrogen) atoms. The highest BCUT2D eigenvalue weighted by molar-refractivity contribution is 5.51. The van der Waals surface area contributed by atoms with Crippen LogP contribution in [0.5, 0.6) is 0 Å². The van der Waals surface area contributed by atoms with Crippen molar-refractivity contribution in [3.8, 4) is 0 Å². The van der Waals surface area contributed by atoms with Crippen LogP contribution in [0.2, 0.25) is 0 Å². The van der Waals surface area contributed by atoms with Crippen molar-refractivity contribution in [2.75, 3.05) is 0 Å². The van der Waals surface area contributed by atoms with Crippen molar-refractivity contribution in [1.29, 1.82) is 0 Å². The van der Waals surface area contributed by atoms with Gasteiger partial charge in [-0.1, -0.05) is 12.1 Å². The molecule has 0 spiro atoms. The van der Waals surface area contributed by atoms with E-state index < -0.39 is 4.92 Å². The van der Waals surface area contributed by atoms with E-state index in [0.29, 0.717) is 18.4 Å². The van der Waals surface area contributed by atoms with Gasteiger partial charge < -0.3 is 4.79 Å². The lowest BCUT2D eigenvalue weighted by atomic mass is 10.1. The highest BCUT2D eigenvalue weighted by Crippen LogP contribution is 2.19. The van der Waals surface area contributed by atoms with E-state index in [1.807, 2.05) is 6.07 Å². The molecular formula is C10H11NO3. The first-order valence-corrected chi connectivity index (χ1v) is 4.32. The summed E-state index contributed by atoms with van der Waals surface area (Å²) >= 11 is 0. The third kappa shape index (κ3) is 2.39. The summed E-state index contributed by atoms with van der Waals surface area (Å²) in [5.74, 6) is 0. The van der Waals surface area contributed by atoms with Gasteiger partial charge in [-0.05, 0) is 18.9 Å². The molecule has 0 aromatic heterocycles. The van der Waals surface area contributed by atoms with Gasteiger partial charge in [0.15, 0.2) is 0 Å². The summed E-state index contributed by atoms with van der Waals surface area (Å²) in [5.41, 5.74) is 1.59. The molecule has 0 bridgehead atoms. The first-order chi connectivity index (χ1) is 6.65. The number of carbonyl (C=O) groups is 1. The molecule has 0 saturated heterocycles. The first-order valence-electron chi connectivity index (χ1n) is 4.32. The number of benzene rings is 1. The summed E-state index contributed by atoms with van der Waals surface area (Å²) in [4.78, 5) is 20.3. The highest BCUT2D eigenvalue weighted by Gasteiger charge is 2.10. The van der Waals surface area contributed by atoms with Gasteiger partial charge in [0.1, 0.15) is 6.29 Å². The van der Waals surface area contributed by atoms with E-state index in [1.54, 1.807) is 13.0 Å². The lowest BCUT2D eigenvalue weighted by molar-refractivity contribution is -0.385. The molecule has 0 amide bonds. The van der Waals surface area contributed by atoms with Gasteiger partial charge in [0.05, 0.1) is 4.92 Å². The van der Waals surface area contributed by atoms with Crippen LogP contribution in [0.1, 0.15) is 17.5 Å². The number of hydrogen-bond acceptors (Lipinski definition) is 3. The first kappa shape index (κ1) is 10.4. The maximum Gasteiger partial charge on any atom is 0.272 e. The fraction of sp³-hybridized carbons (Fsp3) is 0.300. The predicted molar refractivity (Wildman–Crippen MR) is 52.2 cm³/mol. The standard InChI is InChI=1S/C10H11NO3/c1-8-4-5-9(3-2-6-12)7-10(8)11(13)14/h4-7H,2-3H2,1H3. The van der Waals surface area contributed by atoms with Gasteiger partial charge in [-0.3, -0.25) is 10.1 Å². The normalized spacial score (nSPS) is 9.79. The molecule has 0 heterocycles.